The van der Waals surface area contributed by atoms with Crippen molar-refractivity contribution in [3.05, 3.63) is 75.3 Å². The van der Waals surface area contributed by atoms with Gasteiger partial charge in [-0.2, -0.15) is 4.39 Å². The lowest BCUT2D eigenvalue weighted by molar-refractivity contribution is -0.387. The lowest BCUT2D eigenvalue weighted by Crippen LogP contribution is -2.43. The molecule has 0 heterocycles. The van der Waals surface area contributed by atoms with Crippen LogP contribution in [0.4, 0.5) is 14.5 Å². The number of rotatable bonds is 7. The van der Waals surface area contributed by atoms with Crippen molar-refractivity contribution < 1.29 is 28.4 Å². The number of halogens is 2. The molecular formula is C17H14F2N2O5. The van der Waals surface area contributed by atoms with Gasteiger partial charge in [0.1, 0.15) is 11.9 Å². The summed E-state index contributed by atoms with van der Waals surface area (Å²) in [4.78, 5) is 33.2. The van der Waals surface area contributed by atoms with Gasteiger partial charge in [-0.05, 0) is 29.3 Å². The van der Waals surface area contributed by atoms with Gasteiger partial charge in [-0.1, -0.05) is 18.2 Å². The average molecular weight is 364 g/mol. The fourth-order valence-corrected chi connectivity index (χ4v) is 2.34. The molecule has 2 aromatic rings. The zero-order valence-electron chi connectivity index (χ0n) is 13.3. The standard InChI is InChI=1S/C17H14F2N2O5/c18-12-3-1-2-10(6-12)9-16(22)20-14(17(23)24)7-11-4-5-13(19)15(8-11)21(25)26/h1-6,8,14H,7,9H2,(H,20,22)(H,23,24)/t14-/m0/s1. The molecule has 0 fully saturated rings. The van der Waals surface area contributed by atoms with Gasteiger partial charge in [0.2, 0.25) is 11.7 Å². The van der Waals surface area contributed by atoms with Crippen molar-refractivity contribution in [2.24, 2.45) is 0 Å². The molecule has 2 N–H and O–H groups in total. The van der Waals surface area contributed by atoms with Crippen molar-refractivity contribution >= 4 is 17.6 Å². The summed E-state index contributed by atoms with van der Waals surface area (Å²) in [6, 6.07) is 6.91. The predicted octanol–water partition coefficient (Wildman–Crippen LogP) is 2.23. The first kappa shape index (κ1) is 19.0. The number of carboxylic acid groups (broad SMARTS) is 1. The van der Waals surface area contributed by atoms with Crippen molar-refractivity contribution in [1.29, 1.82) is 0 Å². The largest absolute Gasteiger partial charge is 0.480 e. The topological polar surface area (TPSA) is 110 Å². The van der Waals surface area contributed by atoms with E-state index >= 15 is 0 Å². The monoisotopic (exact) mass is 364 g/mol. The lowest BCUT2D eigenvalue weighted by Gasteiger charge is -2.15. The Bertz CT molecular complexity index is 857. The van der Waals surface area contributed by atoms with Crippen LogP contribution in [0.15, 0.2) is 42.5 Å². The zero-order chi connectivity index (χ0) is 19.3. The summed E-state index contributed by atoms with van der Waals surface area (Å²) in [6.45, 7) is 0. The molecule has 0 bridgehead atoms. The van der Waals surface area contributed by atoms with Gasteiger partial charge in [0.25, 0.3) is 0 Å². The summed E-state index contributed by atoms with van der Waals surface area (Å²) in [5.74, 6) is -3.58. The highest BCUT2D eigenvalue weighted by molar-refractivity contribution is 5.85. The number of hydrogen-bond donors (Lipinski definition) is 2. The number of aliphatic carboxylic acids is 1. The number of hydrogen-bond acceptors (Lipinski definition) is 4. The average Bonchev–Trinajstić information content (AvgIpc) is 2.55. The molecular weight excluding hydrogens is 350 g/mol. The third-order valence-corrected chi connectivity index (χ3v) is 3.53. The van der Waals surface area contributed by atoms with E-state index in [0.29, 0.717) is 5.56 Å². The smallest absolute Gasteiger partial charge is 0.326 e. The minimum Gasteiger partial charge on any atom is -0.480 e. The number of nitrogens with zero attached hydrogens (tertiary/aromatic N) is 1. The van der Waals surface area contributed by atoms with E-state index in [9.17, 15) is 33.6 Å². The maximum absolute atomic E-state index is 13.3. The molecule has 0 aliphatic heterocycles. The van der Waals surface area contributed by atoms with E-state index in [4.69, 9.17) is 0 Å². The van der Waals surface area contributed by atoms with Crippen LogP contribution in [0.1, 0.15) is 11.1 Å². The van der Waals surface area contributed by atoms with E-state index < -0.39 is 40.2 Å². The van der Waals surface area contributed by atoms with E-state index in [1.54, 1.807) is 0 Å². The minimum absolute atomic E-state index is 0.177. The summed E-state index contributed by atoms with van der Waals surface area (Å²) in [5.41, 5.74) is -0.238. The fraction of sp³-hybridized carbons (Fsp3) is 0.176. The third kappa shape index (κ3) is 5.07. The number of carboxylic acids is 1. The molecule has 9 heteroatoms. The summed E-state index contributed by atoms with van der Waals surface area (Å²) in [5, 5.41) is 22.3. The Morgan fingerprint density at radius 3 is 2.50 bits per heavy atom. The molecule has 0 unspecified atom stereocenters. The van der Waals surface area contributed by atoms with Crippen molar-refractivity contribution in [3.8, 4) is 0 Å². The third-order valence-electron chi connectivity index (χ3n) is 3.53. The van der Waals surface area contributed by atoms with Crippen molar-refractivity contribution in [2.75, 3.05) is 0 Å². The second-order valence-corrected chi connectivity index (χ2v) is 5.51. The van der Waals surface area contributed by atoms with Crippen molar-refractivity contribution in [1.82, 2.24) is 5.32 Å². The maximum atomic E-state index is 13.3. The Hall–Kier alpha value is -3.36. The first-order chi connectivity index (χ1) is 12.3. The van der Waals surface area contributed by atoms with Crippen LogP contribution in [0, 0.1) is 21.7 Å². The highest BCUT2D eigenvalue weighted by atomic mass is 19.1. The Labute approximate surface area is 146 Å². The molecule has 26 heavy (non-hydrogen) atoms. The second-order valence-electron chi connectivity index (χ2n) is 5.51. The van der Waals surface area contributed by atoms with Crippen LogP contribution in [-0.2, 0) is 22.4 Å². The van der Waals surface area contributed by atoms with Crippen LogP contribution in [0.3, 0.4) is 0 Å². The molecule has 0 aliphatic rings. The van der Waals surface area contributed by atoms with E-state index in [-0.39, 0.29) is 18.4 Å². The molecule has 2 aromatic carbocycles. The molecule has 0 spiro atoms. The van der Waals surface area contributed by atoms with Crippen LogP contribution in [0.5, 0.6) is 0 Å². The van der Waals surface area contributed by atoms with Crippen LogP contribution < -0.4 is 5.32 Å². The quantitative estimate of drug-likeness (QED) is 0.578. The summed E-state index contributed by atoms with van der Waals surface area (Å²) in [7, 11) is 0. The van der Waals surface area contributed by atoms with Gasteiger partial charge in [-0.3, -0.25) is 14.9 Å². The van der Waals surface area contributed by atoms with E-state index in [1.807, 2.05) is 0 Å². The van der Waals surface area contributed by atoms with Crippen LogP contribution >= 0.6 is 0 Å². The number of carbonyl (C=O) groups excluding carboxylic acids is 1. The lowest BCUT2D eigenvalue weighted by atomic mass is 10.0. The highest BCUT2D eigenvalue weighted by Crippen LogP contribution is 2.19. The van der Waals surface area contributed by atoms with Gasteiger partial charge in [-0.25, -0.2) is 9.18 Å². The number of nitro benzene ring substituents is 1. The van der Waals surface area contributed by atoms with Gasteiger partial charge in [0, 0.05) is 12.5 Å². The number of benzene rings is 2. The molecule has 1 amide bonds. The SMILES string of the molecule is O=C(Cc1cccc(F)c1)N[C@@H](Cc1ccc(F)c([N+](=O)[O-])c1)C(=O)O. The molecule has 136 valence electrons. The number of amides is 1. The van der Waals surface area contributed by atoms with E-state index in [0.717, 1.165) is 18.2 Å². The number of carbonyl (C=O) groups is 2. The molecule has 1 atom stereocenters. The number of nitro groups is 1. The van der Waals surface area contributed by atoms with Gasteiger partial charge in [0.05, 0.1) is 11.3 Å². The predicted molar refractivity (Wildman–Crippen MR) is 86.4 cm³/mol. The highest BCUT2D eigenvalue weighted by Gasteiger charge is 2.23. The van der Waals surface area contributed by atoms with Gasteiger partial charge >= 0.3 is 11.7 Å². The normalized spacial score (nSPS) is 11.6. The van der Waals surface area contributed by atoms with E-state index in [1.165, 1.54) is 24.3 Å². The molecule has 0 aliphatic carbocycles. The summed E-state index contributed by atoms with van der Waals surface area (Å²) in [6.07, 6.45) is -0.504. The van der Waals surface area contributed by atoms with E-state index in [2.05, 4.69) is 5.32 Å². The molecule has 0 radical (unpaired) electrons. The van der Waals surface area contributed by atoms with Gasteiger partial charge in [-0.15, -0.1) is 0 Å². The maximum Gasteiger partial charge on any atom is 0.326 e. The van der Waals surface area contributed by atoms with Crippen LogP contribution in [0.2, 0.25) is 0 Å². The van der Waals surface area contributed by atoms with Gasteiger partial charge in [0.15, 0.2) is 0 Å². The Kier molecular flexibility index (Phi) is 5.94. The second kappa shape index (κ2) is 8.15. The molecule has 0 saturated carbocycles. The summed E-state index contributed by atoms with van der Waals surface area (Å²) >= 11 is 0. The Balaban J connectivity index is 2.09. The molecule has 0 saturated heterocycles. The summed E-state index contributed by atoms with van der Waals surface area (Å²) < 4.78 is 26.5. The fourth-order valence-electron chi connectivity index (χ4n) is 2.34. The Morgan fingerprint density at radius 2 is 1.88 bits per heavy atom. The first-order valence-corrected chi connectivity index (χ1v) is 7.45. The van der Waals surface area contributed by atoms with Crippen LogP contribution in [-0.4, -0.2) is 27.9 Å². The number of nitrogens with one attached hydrogen (secondary N) is 1. The van der Waals surface area contributed by atoms with Crippen molar-refractivity contribution in [2.45, 2.75) is 18.9 Å². The minimum atomic E-state index is -1.37. The van der Waals surface area contributed by atoms with Crippen molar-refractivity contribution in [3.63, 3.8) is 0 Å². The first-order valence-electron chi connectivity index (χ1n) is 7.45. The molecule has 0 aromatic heterocycles. The van der Waals surface area contributed by atoms with Gasteiger partial charge < -0.3 is 10.4 Å². The Morgan fingerprint density at radius 1 is 1.15 bits per heavy atom. The molecule has 7 nitrogen and oxygen atoms in total. The van der Waals surface area contributed by atoms with Crippen LogP contribution in [0.25, 0.3) is 0 Å². The molecule has 2 rings (SSSR count). The zero-order valence-corrected chi connectivity index (χ0v) is 13.3.